The number of primary sulfonamides is 1. The number of anilines is 1. The number of benzene rings is 3. The van der Waals surface area contributed by atoms with E-state index in [0.717, 1.165) is 5.56 Å². The number of alkyl halides is 3. The Bertz CT molecular complexity index is 1620. The van der Waals surface area contributed by atoms with Crippen molar-refractivity contribution in [2.75, 3.05) is 26.1 Å². The third kappa shape index (κ3) is 5.93. The first-order chi connectivity index (χ1) is 18.9. The van der Waals surface area contributed by atoms with Gasteiger partial charge in [0.05, 0.1) is 25.0 Å². The summed E-state index contributed by atoms with van der Waals surface area (Å²) < 4.78 is 80.6. The van der Waals surface area contributed by atoms with Gasteiger partial charge in [-0.05, 0) is 35.2 Å². The summed E-state index contributed by atoms with van der Waals surface area (Å²) in [6.45, 7) is 4.22. The first kappa shape index (κ1) is 29.4. The molecule has 0 amide bonds. The lowest BCUT2D eigenvalue weighted by atomic mass is 10.0. The molecule has 214 valence electrons. The van der Waals surface area contributed by atoms with Crippen molar-refractivity contribution in [3.63, 3.8) is 0 Å². The second-order valence-corrected chi connectivity index (χ2v) is 11.1. The Labute approximate surface area is 231 Å². The van der Waals surface area contributed by atoms with Crippen LogP contribution in [0.3, 0.4) is 0 Å². The van der Waals surface area contributed by atoms with E-state index in [1.165, 1.54) is 38.5 Å². The molecule has 0 saturated heterocycles. The third-order valence-electron chi connectivity index (χ3n) is 6.59. The van der Waals surface area contributed by atoms with Gasteiger partial charge < -0.3 is 19.4 Å². The maximum Gasteiger partial charge on any atom is 0.418 e. The maximum absolute atomic E-state index is 14.7. The van der Waals surface area contributed by atoms with E-state index in [1.807, 2.05) is 24.3 Å². The van der Waals surface area contributed by atoms with Crippen molar-refractivity contribution in [1.82, 2.24) is 9.55 Å². The number of aromatic nitrogens is 2. The lowest BCUT2D eigenvalue weighted by Gasteiger charge is -2.18. The zero-order chi connectivity index (χ0) is 29.2. The van der Waals surface area contributed by atoms with Crippen LogP contribution in [0.4, 0.5) is 18.9 Å². The molecule has 12 heteroatoms. The molecule has 4 rings (SSSR count). The standard InChI is InChI=1S/C28H31F3N4O4S/c1-17(2)18-9-11-19(12-10-18)27-34-25-24(28(29,30)31)20(15-22(39-4)26(25)35(27)13-14-38-3)16-33-21-7-5-6-8-23(21)40(32,36)37/h5-12,15,17,33H,13-14,16H2,1-4H3,(H2,32,36,37). The fourth-order valence-corrected chi connectivity index (χ4v) is 5.34. The van der Waals surface area contributed by atoms with Crippen molar-refractivity contribution in [1.29, 1.82) is 0 Å². The fraction of sp³-hybridized carbons (Fsp3) is 0.321. The number of rotatable bonds is 10. The van der Waals surface area contributed by atoms with Gasteiger partial charge in [-0.2, -0.15) is 13.2 Å². The van der Waals surface area contributed by atoms with Crippen LogP contribution in [0.1, 0.15) is 36.5 Å². The number of imidazole rings is 1. The van der Waals surface area contributed by atoms with Crippen LogP contribution in [0, 0.1) is 0 Å². The zero-order valence-electron chi connectivity index (χ0n) is 22.5. The average molecular weight is 577 g/mol. The van der Waals surface area contributed by atoms with Gasteiger partial charge in [0.15, 0.2) is 0 Å². The highest BCUT2D eigenvalue weighted by molar-refractivity contribution is 7.89. The summed E-state index contributed by atoms with van der Waals surface area (Å²) in [5.41, 5.74) is 0.609. The van der Waals surface area contributed by atoms with Gasteiger partial charge in [0.2, 0.25) is 10.0 Å². The molecule has 1 aromatic heterocycles. The molecule has 0 bridgehead atoms. The van der Waals surface area contributed by atoms with Crippen molar-refractivity contribution in [2.24, 2.45) is 5.14 Å². The van der Waals surface area contributed by atoms with Crippen molar-refractivity contribution in [2.45, 2.75) is 43.9 Å². The monoisotopic (exact) mass is 576 g/mol. The van der Waals surface area contributed by atoms with E-state index in [2.05, 4.69) is 24.1 Å². The maximum atomic E-state index is 14.7. The van der Waals surface area contributed by atoms with Gasteiger partial charge in [-0.1, -0.05) is 50.2 Å². The minimum absolute atomic E-state index is 0.0775. The summed E-state index contributed by atoms with van der Waals surface area (Å²) in [5, 5.41) is 8.09. The SMILES string of the molecule is COCCn1c(-c2ccc(C(C)C)cc2)nc2c(C(F)(F)F)c(CNc3ccccc3S(N)(=O)=O)cc(OC)c21. The van der Waals surface area contributed by atoms with Gasteiger partial charge in [0.25, 0.3) is 0 Å². The molecule has 1 heterocycles. The molecule has 3 N–H and O–H groups in total. The topological polar surface area (TPSA) is 108 Å². The number of sulfonamides is 1. The quantitative estimate of drug-likeness (QED) is 0.249. The van der Waals surface area contributed by atoms with E-state index in [9.17, 15) is 21.6 Å². The average Bonchev–Trinajstić information content (AvgIpc) is 3.27. The molecule has 0 saturated carbocycles. The van der Waals surface area contributed by atoms with E-state index in [4.69, 9.17) is 14.6 Å². The van der Waals surface area contributed by atoms with Crippen LogP contribution in [0.15, 0.2) is 59.5 Å². The molecule has 0 atom stereocenters. The number of para-hydroxylation sites is 1. The van der Waals surface area contributed by atoms with E-state index >= 15 is 0 Å². The molecular formula is C28H31F3N4O4S. The number of halogens is 3. The predicted octanol–water partition coefficient (Wildman–Crippen LogP) is 5.76. The van der Waals surface area contributed by atoms with Crippen LogP contribution in [-0.2, 0) is 34.0 Å². The molecule has 0 fully saturated rings. The largest absolute Gasteiger partial charge is 0.494 e. The van der Waals surface area contributed by atoms with Crippen LogP contribution in [0.5, 0.6) is 5.75 Å². The molecule has 0 spiro atoms. The van der Waals surface area contributed by atoms with Crippen molar-refractivity contribution in [3.8, 4) is 17.1 Å². The number of methoxy groups -OCH3 is 2. The van der Waals surface area contributed by atoms with Crippen LogP contribution in [-0.4, -0.2) is 38.8 Å². The summed E-state index contributed by atoms with van der Waals surface area (Å²) in [6, 6.07) is 14.6. The highest BCUT2D eigenvalue weighted by Gasteiger charge is 2.39. The van der Waals surface area contributed by atoms with Gasteiger partial charge in [0, 0.05) is 25.8 Å². The number of nitrogens with two attached hydrogens (primary N) is 1. The van der Waals surface area contributed by atoms with E-state index < -0.39 is 21.8 Å². The highest BCUT2D eigenvalue weighted by Crippen LogP contribution is 2.43. The van der Waals surface area contributed by atoms with Gasteiger partial charge in [-0.15, -0.1) is 0 Å². The Morgan fingerprint density at radius 1 is 1.07 bits per heavy atom. The second-order valence-electron chi connectivity index (χ2n) is 9.56. The predicted molar refractivity (Wildman–Crippen MR) is 148 cm³/mol. The van der Waals surface area contributed by atoms with Crippen LogP contribution in [0.25, 0.3) is 22.4 Å². The van der Waals surface area contributed by atoms with Gasteiger partial charge in [-0.25, -0.2) is 18.5 Å². The molecule has 0 unspecified atom stereocenters. The number of nitrogens with one attached hydrogen (secondary N) is 1. The Balaban J connectivity index is 1.93. The lowest BCUT2D eigenvalue weighted by molar-refractivity contribution is -0.137. The van der Waals surface area contributed by atoms with Crippen molar-refractivity contribution >= 4 is 26.7 Å². The Hall–Kier alpha value is -3.61. The number of hydrogen-bond donors (Lipinski definition) is 2. The fourth-order valence-electron chi connectivity index (χ4n) is 4.63. The van der Waals surface area contributed by atoms with Gasteiger partial charge in [0.1, 0.15) is 27.5 Å². The van der Waals surface area contributed by atoms with Gasteiger partial charge in [-0.3, -0.25) is 0 Å². The smallest absolute Gasteiger partial charge is 0.418 e. The molecule has 40 heavy (non-hydrogen) atoms. The lowest BCUT2D eigenvalue weighted by Crippen LogP contribution is -2.17. The first-order valence-corrected chi connectivity index (χ1v) is 14.0. The molecular weight excluding hydrogens is 545 g/mol. The normalized spacial score (nSPS) is 12.3. The third-order valence-corrected chi connectivity index (χ3v) is 7.55. The van der Waals surface area contributed by atoms with Crippen LogP contribution < -0.4 is 15.2 Å². The first-order valence-electron chi connectivity index (χ1n) is 12.5. The van der Waals surface area contributed by atoms with Gasteiger partial charge >= 0.3 is 6.18 Å². The second kappa shape index (κ2) is 11.5. The Morgan fingerprint density at radius 3 is 2.33 bits per heavy atom. The molecule has 3 aromatic carbocycles. The summed E-state index contributed by atoms with van der Waals surface area (Å²) in [4.78, 5) is 4.29. The summed E-state index contributed by atoms with van der Waals surface area (Å²) in [5.74, 6) is 0.816. The van der Waals surface area contributed by atoms with Crippen LogP contribution in [0.2, 0.25) is 0 Å². The Morgan fingerprint density at radius 2 is 1.75 bits per heavy atom. The molecule has 0 aliphatic carbocycles. The molecule has 0 aliphatic rings. The van der Waals surface area contributed by atoms with E-state index in [-0.39, 0.29) is 58.5 Å². The minimum Gasteiger partial charge on any atom is -0.494 e. The number of nitrogens with zero attached hydrogens (tertiary/aromatic N) is 2. The molecule has 0 radical (unpaired) electrons. The molecule has 8 nitrogen and oxygen atoms in total. The number of hydrogen-bond acceptors (Lipinski definition) is 6. The molecule has 4 aromatic rings. The van der Waals surface area contributed by atoms with Crippen molar-refractivity contribution in [3.05, 3.63) is 71.3 Å². The number of ether oxygens (including phenoxy) is 2. The molecule has 0 aliphatic heterocycles. The zero-order valence-corrected chi connectivity index (χ0v) is 23.4. The highest BCUT2D eigenvalue weighted by atomic mass is 32.2. The summed E-state index contributed by atoms with van der Waals surface area (Å²) in [7, 11) is -1.22. The Kier molecular flexibility index (Phi) is 8.43. The van der Waals surface area contributed by atoms with E-state index in [0.29, 0.717) is 11.4 Å². The van der Waals surface area contributed by atoms with Crippen LogP contribution >= 0.6 is 0 Å². The van der Waals surface area contributed by atoms with Crippen molar-refractivity contribution < 1.29 is 31.1 Å². The summed E-state index contributed by atoms with van der Waals surface area (Å²) >= 11 is 0. The number of fused-ring (bicyclic) bond motifs is 1. The van der Waals surface area contributed by atoms with E-state index in [1.54, 1.807) is 10.6 Å². The summed E-state index contributed by atoms with van der Waals surface area (Å²) in [6.07, 6.45) is -4.78. The minimum atomic E-state index is -4.78.